The Balaban J connectivity index is 1.69. The normalized spacial score (nSPS) is 16.9. The lowest BCUT2D eigenvalue weighted by Gasteiger charge is -2.21. The second kappa shape index (κ2) is 7.62. The van der Waals surface area contributed by atoms with Crippen LogP contribution >= 0.6 is 0 Å². The Morgan fingerprint density at radius 3 is 2.61 bits per heavy atom. The van der Waals surface area contributed by atoms with Crippen LogP contribution in [0.25, 0.3) is 11.0 Å². The fraction of sp³-hybridized carbons (Fsp3) is 0.579. The smallest absolute Gasteiger partial charge is 0.240 e. The third kappa shape index (κ3) is 3.92. The Morgan fingerprint density at radius 1 is 1.17 bits per heavy atom. The summed E-state index contributed by atoms with van der Waals surface area (Å²) in [6, 6.07) is 8.41. The lowest BCUT2D eigenvalue weighted by atomic mass is 9.97. The van der Waals surface area contributed by atoms with Gasteiger partial charge < -0.3 is 9.88 Å². The zero-order chi connectivity index (χ0) is 16.1. The highest BCUT2D eigenvalue weighted by molar-refractivity contribution is 5.81. The number of imidazole rings is 1. The van der Waals surface area contributed by atoms with Crippen LogP contribution in [0.5, 0.6) is 0 Å². The number of carbonyl (C=O) groups excluding carboxylic acids is 1. The molecule has 1 heterocycles. The van der Waals surface area contributed by atoms with E-state index < -0.39 is 0 Å². The van der Waals surface area contributed by atoms with E-state index >= 15 is 0 Å². The first-order chi connectivity index (χ1) is 11.3. The molecule has 2 aromatic rings. The summed E-state index contributed by atoms with van der Waals surface area (Å²) in [7, 11) is 0. The first-order valence-electron chi connectivity index (χ1n) is 9.01. The van der Waals surface area contributed by atoms with Crippen molar-refractivity contribution in [1.82, 2.24) is 14.9 Å². The second-order valence-electron chi connectivity index (χ2n) is 6.57. The van der Waals surface area contributed by atoms with Gasteiger partial charge in [0.05, 0.1) is 11.0 Å². The molecular formula is C19H27N3O. The highest BCUT2D eigenvalue weighted by atomic mass is 16.2. The molecule has 1 aliphatic rings. The van der Waals surface area contributed by atoms with Crippen LogP contribution in [0.1, 0.15) is 57.7 Å². The lowest BCUT2D eigenvalue weighted by Crippen LogP contribution is -2.37. The number of aryl methyl sites for hydroxylation is 1. The highest BCUT2D eigenvalue weighted by Crippen LogP contribution is 2.18. The standard InChI is InChI=1S/C19H27N3O/c1-2-18-21-16-12-8-9-13-17(16)22(18)14-19(23)20-15-10-6-4-3-5-7-11-15/h8-9,12-13,15H,2-7,10-11,14H2,1H3,(H,20,23). The van der Waals surface area contributed by atoms with Gasteiger partial charge >= 0.3 is 0 Å². The molecular weight excluding hydrogens is 286 g/mol. The summed E-state index contributed by atoms with van der Waals surface area (Å²) in [4.78, 5) is 17.2. The van der Waals surface area contributed by atoms with Crippen LogP contribution in [-0.4, -0.2) is 21.5 Å². The van der Waals surface area contributed by atoms with Gasteiger partial charge in [-0.05, 0) is 25.0 Å². The van der Waals surface area contributed by atoms with Crippen LogP contribution in [0.4, 0.5) is 0 Å². The van der Waals surface area contributed by atoms with Gasteiger partial charge in [0.25, 0.3) is 0 Å². The van der Waals surface area contributed by atoms with Crippen LogP contribution in [0.3, 0.4) is 0 Å². The predicted molar refractivity (Wildman–Crippen MR) is 93.4 cm³/mol. The predicted octanol–water partition coefficient (Wildman–Crippen LogP) is 3.83. The first kappa shape index (κ1) is 16.0. The number of nitrogens with one attached hydrogen (secondary N) is 1. The molecule has 0 unspecified atom stereocenters. The maximum atomic E-state index is 12.5. The molecule has 0 saturated heterocycles. The number of para-hydroxylation sites is 2. The molecule has 0 atom stereocenters. The van der Waals surface area contributed by atoms with Crippen LogP contribution < -0.4 is 5.32 Å². The number of rotatable bonds is 4. The largest absolute Gasteiger partial charge is 0.352 e. The van der Waals surface area contributed by atoms with E-state index in [2.05, 4.69) is 21.8 Å². The average molecular weight is 313 g/mol. The molecule has 0 bridgehead atoms. The summed E-state index contributed by atoms with van der Waals surface area (Å²) in [6.07, 6.45) is 9.51. The van der Waals surface area contributed by atoms with E-state index in [4.69, 9.17) is 0 Å². The number of fused-ring (bicyclic) bond motifs is 1. The molecule has 0 aliphatic heterocycles. The molecule has 1 amide bonds. The van der Waals surface area contributed by atoms with Crippen LogP contribution in [0, 0.1) is 0 Å². The zero-order valence-corrected chi connectivity index (χ0v) is 14.1. The number of aromatic nitrogens is 2. The van der Waals surface area contributed by atoms with Gasteiger partial charge in [-0.3, -0.25) is 4.79 Å². The molecule has 4 nitrogen and oxygen atoms in total. The minimum atomic E-state index is 0.119. The van der Waals surface area contributed by atoms with Gasteiger partial charge in [0.1, 0.15) is 12.4 Å². The van der Waals surface area contributed by atoms with Crippen LogP contribution in [0.2, 0.25) is 0 Å². The monoisotopic (exact) mass is 313 g/mol. The summed E-state index contributed by atoms with van der Waals surface area (Å²) in [5.74, 6) is 1.10. The number of nitrogens with zero attached hydrogens (tertiary/aromatic N) is 2. The maximum absolute atomic E-state index is 12.5. The number of amides is 1. The second-order valence-corrected chi connectivity index (χ2v) is 6.57. The van der Waals surface area contributed by atoms with Gasteiger partial charge in [-0.25, -0.2) is 4.98 Å². The van der Waals surface area contributed by atoms with Crippen molar-refractivity contribution < 1.29 is 4.79 Å². The van der Waals surface area contributed by atoms with E-state index in [0.29, 0.717) is 12.6 Å². The maximum Gasteiger partial charge on any atom is 0.240 e. The number of hydrogen-bond acceptors (Lipinski definition) is 2. The van der Waals surface area contributed by atoms with Gasteiger partial charge in [-0.2, -0.15) is 0 Å². The third-order valence-electron chi connectivity index (χ3n) is 4.82. The van der Waals surface area contributed by atoms with Gasteiger partial charge in [0, 0.05) is 12.5 Å². The van der Waals surface area contributed by atoms with Gasteiger partial charge in [-0.1, -0.05) is 51.2 Å². The molecule has 1 aliphatic carbocycles. The highest BCUT2D eigenvalue weighted by Gasteiger charge is 2.16. The van der Waals surface area contributed by atoms with Crippen molar-refractivity contribution in [3.8, 4) is 0 Å². The molecule has 3 rings (SSSR count). The van der Waals surface area contributed by atoms with E-state index in [9.17, 15) is 4.79 Å². The third-order valence-corrected chi connectivity index (χ3v) is 4.82. The number of benzene rings is 1. The van der Waals surface area contributed by atoms with Crippen molar-refractivity contribution >= 4 is 16.9 Å². The van der Waals surface area contributed by atoms with Crippen molar-refractivity contribution in [3.63, 3.8) is 0 Å². The Bertz CT molecular complexity index is 654. The summed E-state index contributed by atoms with van der Waals surface area (Å²) in [5, 5.41) is 3.25. The van der Waals surface area contributed by atoms with E-state index in [1.54, 1.807) is 0 Å². The summed E-state index contributed by atoms with van der Waals surface area (Å²) in [5.41, 5.74) is 2.03. The molecule has 1 aromatic heterocycles. The molecule has 23 heavy (non-hydrogen) atoms. The SMILES string of the molecule is CCc1nc2ccccc2n1CC(=O)NC1CCCCCCC1. The van der Waals surface area contributed by atoms with E-state index in [0.717, 1.165) is 36.1 Å². The van der Waals surface area contributed by atoms with Gasteiger partial charge in [0.15, 0.2) is 0 Å². The number of carbonyl (C=O) groups is 1. The van der Waals surface area contributed by atoms with Crippen LogP contribution in [0.15, 0.2) is 24.3 Å². The summed E-state index contributed by atoms with van der Waals surface area (Å²) in [6.45, 7) is 2.46. The molecule has 1 saturated carbocycles. The molecule has 0 radical (unpaired) electrons. The van der Waals surface area contributed by atoms with Crippen molar-refractivity contribution in [2.24, 2.45) is 0 Å². The fourth-order valence-corrected chi connectivity index (χ4v) is 3.59. The number of hydrogen-bond donors (Lipinski definition) is 1. The molecule has 124 valence electrons. The first-order valence-corrected chi connectivity index (χ1v) is 9.01. The van der Waals surface area contributed by atoms with E-state index in [1.807, 2.05) is 24.3 Å². The zero-order valence-electron chi connectivity index (χ0n) is 14.1. The minimum absolute atomic E-state index is 0.119. The minimum Gasteiger partial charge on any atom is -0.352 e. The topological polar surface area (TPSA) is 46.9 Å². The quantitative estimate of drug-likeness (QED) is 0.932. The molecule has 1 aromatic carbocycles. The molecule has 1 N–H and O–H groups in total. The average Bonchev–Trinajstić information content (AvgIpc) is 2.88. The molecule has 4 heteroatoms. The summed E-state index contributed by atoms with van der Waals surface area (Å²) >= 11 is 0. The van der Waals surface area contributed by atoms with E-state index in [1.165, 1.54) is 32.1 Å². The van der Waals surface area contributed by atoms with Gasteiger partial charge in [0.2, 0.25) is 5.91 Å². The Hall–Kier alpha value is -1.84. The fourth-order valence-electron chi connectivity index (χ4n) is 3.59. The summed E-state index contributed by atoms with van der Waals surface area (Å²) < 4.78 is 2.06. The lowest BCUT2D eigenvalue weighted by molar-refractivity contribution is -0.122. The van der Waals surface area contributed by atoms with Crippen LogP contribution in [-0.2, 0) is 17.8 Å². The Morgan fingerprint density at radius 2 is 1.87 bits per heavy atom. The van der Waals surface area contributed by atoms with Crippen molar-refractivity contribution in [2.75, 3.05) is 0 Å². The van der Waals surface area contributed by atoms with Crippen molar-refractivity contribution in [1.29, 1.82) is 0 Å². The molecule has 0 spiro atoms. The Kier molecular flexibility index (Phi) is 5.31. The van der Waals surface area contributed by atoms with Gasteiger partial charge in [-0.15, -0.1) is 0 Å². The van der Waals surface area contributed by atoms with Crippen molar-refractivity contribution in [3.05, 3.63) is 30.1 Å². The van der Waals surface area contributed by atoms with E-state index in [-0.39, 0.29) is 5.91 Å². The molecule has 1 fully saturated rings. The van der Waals surface area contributed by atoms with Crippen molar-refractivity contribution in [2.45, 2.75) is 70.9 Å². The Labute approximate surface area is 138 Å².